The van der Waals surface area contributed by atoms with Crippen molar-refractivity contribution >= 4 is 17.4 Å². The second-order valence-electron chi connectivity index (χ2n) is 7.08. The van der Waals surface area contributed by atoms with Crippen LogP contribution in [-0.4, -0.2) is 39.7 Å². The minimum atomic E-state index is -4.43. The van der Waals surface area contributed by atoms with Crippen LogP contribution in [0.3, 0.4) is 0 Å². The molecule has 0 aliphatic rings. The molecule has 1 aromatic carbocycles. The number of anilines is 2. The summed E-state index contributed by atoms with van der Waals surface area (Å²) in [6.07, 6.45) is -2.06. The summed E-state index contributed by atoms with van der Waals surface area (Å²) in [7, 11) is 3.37. The lowest BCUT2D eigenvalue weighted by atomic mass is 10.2. The first-order chi connectivity index (χ1) is 14.1. The number of hydrogen-bond donors (Lipinski definition) is 1. The molecule has 0 saturated carbocycles. The summed E-state index contributed by atoms with van der Waals surface area (Å²) in [5, 5.41) is 7.43. The number of amides is 1. The van der Waals surface area contributed by atoms with E-state index in [0.29, 0.717) is 12.2 Å². The fourth-order valence-corrected chi connectivity index (χ4v) is 2.92. The summed E-state index contributed by atoms with van der Waals surface area (Å²) < 4.78 is 40.6. The molecule has 0 fully saturated rings. The molecule has 9 heteroatoms. The van der Waals surface area contributed by atoms with Crippen molar-refractivity contribution < 1.29 is 18.0 Å². The molecule has 2 heterocycles. The number of aromatic nitrogens is 3. The van der Waals surface area contributed by atoms with E-state index in [9.17, 15) is 18.0 Å². The number of aryl methyl sites for hydroxylation is 2. The van der Waals surface area contributed by atoms with E-state index in [0.717, 1.165) is 29.2 Å². The SMILES string of the molecule is Cc1cc(-n2nc(Nc3cccc(C(F)(F)F)c3)cc2CCC(=O)N(C)C)ccn1. The van der Waals surface area contributed by atoms with Gasteiger partial charge in [0.2, 0.25) is 5.91 Å². The number of carbonyl (C=O) groups is 1. The van der Waals surface area contributed by atoms with Gasteiger partial charge in [-0.05, 0) is 43.7 Å². The average molecular weight is 417 g/mol. The monoisotopic (exact) mass is 417 g/mol. The number of nitrogens with one attached hydrogen (secondary N) is 1. The Bertz CT molecular complexity index is 1040. The normalized spacial score (nSPS) is 11.4. The summed E-state index contributed by atoms with van der Waals surface area (Å²) in [5.74, 6) is 0.358. The van der Waals surface area contributed by atoms with Crippen LogP contribution in [0.5, 0.6) is 0 Å². The van der Waals surface area contributed by atoms with E-state index in [2.05, 4.69) is 15.4 Å². The molecule has 0 unspecified atom stereocenters. The highest BCUT2D eigenvalue weighted by molar-refractivity contribution is 5.75. The van der Waals surface area contributed by atoms with Gasteiger partial charge < -0.3 is 10.2 Å². The first-order valence-electron chi connectivity index (χ1n) is 9.30. The van der Waals surface area contributed by atoms with Crippen LogP contribution < -0.4 is 5.32 Å². The molecule has 0 saturated heterocycles. The predicted molar refractivity (Wildman–Crippen MR) is 108 cm³/mol. The highest BCUT2D eigenvalue weighted by atomic mass is 19.4. The molecule has 0 bridgehead atoms. The average Bonchev–Trinajstić information content (AvgIpc) is 3.08. The third kappa shape index (κ3) is 5.16. The number of pyridine rings is 1. The zero-order valence-corrected chi connectivity index (χ0v) is 16.9. The van der Waals surface area contributed by atoms with Crippen LogP contribution in [0.4, 0.5) is 24.7 Å². The zero-order chi connectivity index (χ0) is 21.9. The highest BCUT2D eigenvalue weighted by Gasteiger charge is 2.30. The van der Waals surface area contributed by atoms with Crippen molar-refractivity contribution in [3.05, 3.63) is 65.6 Å². The molecule has 30 heavy (non-hydrogen) atoms. The van der Waals surface area contributed by atoms with E-state index in [4.69, 9.17) is 0 Å². The zero-order valence-electron chi connectivity index (χ0n) is 16.9. The van der Waals surface area contributed by atoms with Crippen LogP contribution in [0.1, 0.15) is 23.4 Å². The van der Waals surface area contributed by atoms with Gasteiger partial charge in [0.25, 0.3) is 0 Å². The van der Waals surface area contributed by atoms with Crippen molar-refractivity contribution in [3.8, 4) is 5.69 Å². The van der Waals surface area contributed by atoms with Gasteiger partial charge in [-0.1, -0.05) is 6.07 Å². The Labute approximate surface area is 172 Å². The van der Waals surface area contributed by atoms with Crippen molar-refractivity contribution in [1.29, 1.82) is 0 Å². The third-order valence-corrected chi connectivity index (χ3v) is 4.46. The molecule has 0 radical (unpaired) electrons. The molecule has 1 N–H and O–H groups in total. The van der Waals surface area contributed by atoms with E-state index >= 15 is 0 Å². The summed E-state index contributed by atoms with van der Waals surface area (Å²) in [5.41, 5.74) is 1.84. The Morgan fingerprint density at radius 3 is 2.60 bits per heavy atom. The van der Waals surface area contributed by atoms with Gasteiger partial charge in [-0.15, -0.1) is 5.10 Å². The number of alkyl halides is 3. The Balaban J connectivity index is 1.92. The van der Waals surface area contributed by atoms with Crippen molar-refractivity contribution in [2.24, 2.45) is 0 Å². The lowest BCUT2D eigenvalue weighted by molar-refractivity contribution is -0.137. The molecular formula is C21H22F3N5O. The maximum absolute atomic E-state index is 13.0. The second-order valence-corrected chi connectivity index (χ2v) is 7.08. The van der Waals surface area contributed by atoms with E-state index in [1.807, 2.05) is 13.0 Å². The standard InChI is InChI=1S/C21H22F3N5O/c1-14-11-18(9-10-25-14)29-17(7-8-20(30)28(2)3)13-19(27-29)26-16-6-4-5-15(12-16)21(22,23)24/h4-6,9-13H,7-8H2,1-3H3,(H,26,27). The van der Waals surface area contributed by atoms with Crippen LogP contribution in [0, 0.1) is 6.92 Å². The van der Waals surface area contributed by atoms with Gasteiger partial charge in [-0.25, -0.2) is 4.68 Å². The minimum absolute atomic E-state index is 0.0268. The molecule has 0 aliphatic heterocycles. The Hall–Kier alpha value is -3.36. The molecule has 3 rings (SSSR count). The van der Waals surface area contributed by atoms with Crippen molar-refractivity contribution in [2.75, 3.05) is 19.4 Å². The van der Waals surface area contributed by atoms with Gasteiger partial charge in [0, 0.05) is 49.9 Å². The highest BCUT2D eigenvalue weighted by Crippen LogP contribution is 2.31. The molecule has 3 aromatic rings. The molecule has 1 amide bonds. The first-order valence-corrected chi connectivity index (χ1v) is 9.30. The van der Waals surface area contributed by atoms with E-state index in [1.54, 1.807) is 43.2 Å². The minimum Gasteiger partial charge on any atom is -0.349 e. The number of halogens is 3. The van der Waals surface area contributed by atoms with Gasteiger partial charge in [0.1, 0.15) is 0 Å². The molecule has 0 atom stereocenters. The molecular weight excluding hydrogens is 395 g/mol. The smallest absolute Gasteiger partial charge is 0.349 e. The van der Waals surface area contributed by atoms with Crippen molar-refractivity contribution in [3.63, 3.8) is 0 Å². The van der Waals surface area contributed by atoms with E-state index in [-0.39, 0.29) is 18.0 Å². The van der Waals surface area contributed by atoms with E-state index < -0.39 is 11.7 Å². The maximum Gasteiger partial charge on any atom is 0.416 e. The van der Waals surface area contributed by atoms with Gasteiger partial charge in [-0.3, -0.25) is 9.78 Å². The summed E-state index contributed by atoms with van der Waals surface area (Å²) >= 11 is 0. The van der Waals surface area contributed by atoms with Crippen LogP contribution in [0.25, 0.3) is 5.69 Å². The Morgan fingerprint density at radius 1 is 1.17 bits per heavy atom. The van der Waals surface area contributed by atoms with Gasteiger partial charge in [0.15, 0.2) is 5.82 Å². The van der Waals surface area contributed by atoms with Crippen molar-refractivity contribution in [2.45, 2.75) is 25.9 Å². The number of hydrogen-bond acceptors (Lipinski definition) is 4. The van der Waals surface area contributed by atoms with Gasteiger partial charge in [0.05, 0.1) is 11.3 Å². The number of rotatable bonds is 6. The topological polar surface area (TPSA) is 63.1 Å². The summed E-state index contributed by atoms with van der Waals surface area (Å²) in [4.78, 5) is 17.7. The third-order valence-electron chi connectivity index (χ3n) is 4.46. The lowest BCUT2D eigenvalue weighted by Crippen LogP contribution is -2.22. The van der Waals surface area contributed by atoms with E-state index in [1.165, 1.54) is 11.0 Å². The van der Waals surface area contributed by atoms with Crippen LogP contribution in [-0.2, 0) is 17.4 Å². The number of benzene rings is 1. The molecule has 158 valence electrons. The van der Waals surface area contributed by atoms with Crippen LogP contribution in [0.15, 0.2) is 48.7 Å². The Morgan fingerprint density at radius 2 is 1.93 bits per heavy atom. The fraction of sp³-hybridized carbons (Fsp3) is 0.286. The van der Waals surface area contributed by atoms with Crippen LogP contribution in [0.2, 0.25) is 0 Å². The fourth-order valence-electron chi connectivity index (χ4n) is 2.92. The first kappa shape index (κ1) is 21.4. The molecule has 0 aliphatic carbocycles. The molecule has 6 nitrogen and oxygen atoms in total. The van der Waals surface area contributed by atoms with Crippen LogP contribution >= 0.6 is 0 Å². The number of carbonyl (C=O) groups excluding carboxylic acids is 1. The quantitative estimate of drug-likeness (QED) is 0.647. The summed E-state index contributed by atoms with van der Waals surface area (Å²) in [6, 6.07) is 10.3. The van der Waals surface area contributed by atoms with Gasteiger partial charge in [-0.2, -0.15) is 13.2 Å². The lowest BCUT2D eigenvalue weighted by Gasteiger charge is -2.11. The Kier molecular flexibility index (Phi) is 6.09. The predicted octanol–water partition coefficient (Wildman–Crippen LogP) is 4.36. The van der Waals surface area contributed by atoms with Gasteiger partial charge >= 0.3 is 6.18 Å². The van der Waals surface area contributed by atoms with Crippen molar-refractivity contribution in [1.82, 2.24) is 19.7 Å². The largest absolute Gasteiger partial charge is 0.416 e. The molecule has 0 spiro atoms. The number of nitrogens with zero attached hydrogens (tertiary/aromatic N) is 4. The molecule has 2 aromatic heterocycles. The second kappa shape index (κ2) is 8.56. The maximum atomic E-state index is 13.0. The summed E-state index contributed by atoms with van der Waals surface area (Å²) in [6.45, 7) is 1.85.